The number of rotatable bonds is 2. The van der Waals surface area contributed by atoms with E-state index in [1.165, 1.54) is 6.07 Å². The van der Waals surface area contributed by atoms with E-state index in [0.29, 0.717) is 21.8 Å². The zero-order chi connectivity index (χ0) is 13.4. The van der Waals surface area contributed by atoms with Crippen molar-refractivity contribution in [3.05, 3.63) is 28.5 Å². The molecule has 0 amide bonds. The molecule has 2 heterocycles. The number of aromatic amines is 1. The van der Waals surface area contributed by atoms with Crippen molar-refractivity contribution < 1.29 is 4.39 Å². The maximum absolute atomic E-state index is 13.8. The Morgan fingerprint density at radius 2 is 2.32 bits per heavy atom. The molecular weight excluding hydrogens is 313 g/mol. The van der Waals surface area contributed by atoms with Gasteiger partial charge in [0.15, 0.2) is 5.82 Å². The highest BCUT2D eigenvalue weighted by Gasteiger charge is 2.23. The number of nitrogens with zero attached hydrogens (tertiary/aromatic N) is 3. The highest BCUT2D eigenvalue weighted by molar-refractivity contribution is 9.10. The summed E-state index contributed by atoms with van der Waals surface area (Å²) in [6, 6.07) is 4.96. The van der Waals surface area contributed by atoms with Gasteiger partial charge in [0.05, 0.1) is 5.56 Å². The van der Waals surface area contributed by atoms with Crippen LogP contribution in [0.3, 0.4) is 0 Å². The molecular formula is C12H13BrFN5. The van der Waals surface area contributed by atoms with Gasteiger partial charge in [-0.2, -0.15) is 4.98 Å². The lowest BCUT2D eigenvalue weighted by molar-refractivity contribution is 0.629. The molecule has 1 saturated heterocycles. The molecule has 2 aromatic rings. The Bertz CT molecular complexity index is 579. The molecule has 1 aliphatic heterocycles. The van der Waals surface area contributed by atoms with Gasteiger partial charge in [-0.3, -0.25) is 5.10 Å². The fraction of sp³-hybridized carbons (Fsp3) is 0.333. The molecule has 0 aliphatic carbocycles. The number of aromatic nitrogens is 3. The van der Waals surface area contributed by atoms with Crippen LogP contribution in [0.4, 0.5) is 10.3 Å². The first kappa shape index (κ1) is 12.6. The summed E-state index contributed by atoms with van der Waals surface area (Å²) < 4.78 is 14.5. The van der Waals surface area contributed by atoms with Crippen molar-refractivity contribution in [3.8, 4) is 11.4 Å². The number of hydrogen-bond acceptors (Lipinski definition) is 4. The normalized spacial score (nSPS) is 19.1. The molecule has 0 saturated carbocycles. The summed E-state index contributed by atoms with van der Waals surface area (Å²) in [6.07, 6.45) is 0.924. The quantitative estimate of drug-likeness (QED) is 0.884. The highest BCUT2D eigenvalue weighted by Crippen LogP contribution is 2.29. The van der Waals surface area contributed by atoms with Crippen LogP contribution in [0, 0.1) is 5.82 Å². The van der Waals surface area contributed by atoms with Gasteiger partial charge in [-0.25, -0.2) is 4.39 Å². The maximum atomic E-state index is 13.8. The second-order valence-corrected chi connectivity index (χ2v) is 5.43. The highest BCUT2D eigenvalue weighted by atomic mass is 79.9. The lowest BCUT2D eigenvalue weighted by atomic mass is 10.2. The van der Waals surface area contributed by atoms with Gasteiger partial charge in [-0.1, -0.05) is 6.07 Å². The van der Waals surface area contributed by atoms with Crippen molar-refractivity contribution in [1.29, 1.82) is 0 Å². The van der Waals surface area contributed by atoms with Gasteiger partial charge in [0.25, 0.3) is 0 Å². The monoisotopic (exact) mass is 325 g/mol. The molecule has 1 atom stereocenters. The largest absolute Gasteiger partial charge is 0.338 e. The fourth-order valence-corrected chi connectivity index (χ4v) is 2.73. The third-order valence-corrected chi connectivity index (χ3v) is 3.84. The van der Waals surface area contributed by atoms with Crippen molar-refractivity contribution in [3.63, 3.8) is 0 Å². The average molecular weight is 326 g/mol. The van der Waals surface area contributed by atoms with Crippen molar-refractivity contribution in [1.82, 2.24) is 15.2 Å². The molecule has 1 unspecified atom stereocenters. The van der Waals surface area contributed by atoms with E-state index in [1.807, 2.05) is 4.90 Å². The Labute approximate surface area is 118 Å². The van der Waals surface area contributed by atoms with E-state index in [9.17, 15) is 4.39 Å². The molecule has 3 N–H and O–H groups in total. The first-order chi connectivity index (χ1) is 9.15. The summed E-state index contributed by atoms with van der Waals surface area (Å²) >= 11 is 3.32. The fourth-order valence-electron chi connectivity index (χ4n) is 2.20. The van der Waals surface area contributed by atoms with Crippen LogP contribution in [-0.2, 0) is 0 Å². The maximum Gasteiger partial charge on any atom is 0.245 e. The molecule has 0 bridgehead atoms. The van der Waals surface area contributed by atoms with Crippen molar-refractivity contribution >= 4 is 21.9 Å². The lowest BCUT2D eigenvalue weighted by Crippen LogP contribution is -2.26. The molecule has 0 radical (unpaired) electrons. The van der Waals surface area contributed by atoms with Crippen LogP contribution in [-0.4, -0.2) is 34.3 Å². The second-order valence-electron chi connectivity index (χ2n) is 4.58. The molecule has 7 heteroatoms. The smallest absolute Gasteiger partial charge is 0.245 e. The summed E-state index contributed by atoms with van der Waals surface area (Å²) in [5, 5.41) is 6.92. The van der Waals surface area contributed by atoms with E-state index in [2.05, 4.69) is 31.1 Å². The number of nitrogens with two attached hydrogens (primary N) is 1. The molecule has 1 aromatic heterocycles. The number of H-pyrrole nitrogens is 1. The first-order valence-electron chi connectivity index (χ1n) is 6.02. The first-order valence-corrected chi connectivity index (χ1v) is 6.82. The number of hydrogen-bond donors (Lipinski definition) is 2. The standard InChI is InChI=1S/C12H13BrFN5/c13-8-2-1-3-9(14)10(8)11-16-12(18-17-11)19-5-4-7(15)6-19/h1-3,7H,4-6,15H2,(H,16,17,18). The number of anilines is 1. The Morgan fingerprint density at radius 1 is 1.47 bits per heavy atom. The van der Waals surface area contributed by atoms with E-state index in [-0.39, 0.29) is 11.9 Å². The van der Waals surface area contributed by atoms with Gasteiger partial charge in [-0.15, -0.1) is 5.10 Å². The average Bonchev–Trinajstić information content (AvgIpc) is 2.98. The van der Waals surface area contributed by atoms with E-state index in [4.69, 9.17) is 5.73 Å². The van der Waals surface area contributed by atoms with Gasteiger partial charge >= 0.3 is 0 Å². The van der Waals surface area contributed by atoms with Gasteiger partial charge in [0, 0.05) is 23.6 Å². The van der Waals surface area contributed by atoms with Gasteiger partial charge < -0.3 is 10.6 Å². The molecule has 19 heavy (non-hydrogen) atoms. The van der Waals surface area contributed by atoms with Crippen LogP contribution in [0.15, 0.2) is 22.7 Å². The molecule has 3 rings (SSSR count). The molecule has 5 nitrogen and oxygen atoms in total. The Balaban J connectivity index is 1.93. The number of halogens is 2. The number of benzene rings is 1. The minimum Gasteiger partial charge on any atom is -0.338 e. The zero-order valence-corrected chi connectivity index (χ0v) is 11.7. The van der Waals surface area contributed by atoms with E-state index in [0.717, 1.165) is 19.5 Å². The topological polar surface area (TPSA) is 70.8 Å². The van der Waals surface area contributed by atoms with E-state index >= 15 is 0 Å². The minimum absolute atomic E-state index is 0.155. The van der Waals surface area contributed by atoms with Crippen LogP contribution >= 0.6 is 15.9 Å². The Kier molecular flexibility index (Phi) is 3.24. The second kappa shape index (κ2) is 4.90. The third-order valence-electron chi connectivity index (χ3n) is 3.18. The molecule has 1 fully saturated rings. The van der Waals surface area contributed by atoms with Crippen LogP contribution < -0.4 is 10.6 Å². The van der Waals surface area contributed by atoms with Crippen LogP contribution in [0.2, 0.25) is 0 Å². The van der Waals surface area contributed by atoms with Crippen molar-refractivity contribution in [2.75, 3.05) is 18.0 Å². The Morgan fingerprint density at radius 3 is 3.00 bits per heavy atom. The lowest BCUT2D eigenvalue weighted by Gasteiger charge is -2.11. The zero-order valence-electron chi connectivity index (χ0n) is 10.1. The van der Waals surface area contributed by atoms with Gasteiger partial charge in [0.1, 0.15) is 5.82 Å². The number of nitrogens with one attached hydrogen (secondary N) is 1. The molecule has 1 aromatic carbocycles. The third kappa shape index (κ3) is 2.35. The Hall–Kier alpha value is -1.47. The SMILES string of the molecule is NC1CCN(c2n[nH]c(-c3c(F)cccc3Br)n2)C1. The molecule has 1 aliphatic rings. The van der Waals surface area contributed by atoms with Crippen LogP contribution in [0.1, 0.15) is 6.42 Å². The summed E-state index contributed by atoms with van der Waals surface area (Å²) in [6.45, 7) is 1.56. The van der Waals surface area contributed by atoms with E-state index < -0.39 is 0 Å². The van der Waals surface area contributed by atoms with Crippen LogP contribution in [0.25, 0.3) is 11.4 Å². The molecule has 100 valence electrons. The summed E-state index contributed by atoms with van der Waals surface area (Å²) in [5.74, 6) is 0.647. The predicted molar refractivity (Wildman–Crippen MR) is 74.3 cm³/mol. The van der Waals surface area contributed by atoms with Gasteiger partial charge in [0.2, 0.25) is 5.95 Å². The van der Waals surface area contributed by atoms with Crippen molar-refractivity contribution in [2.24, 2.45) is 5.73 Å². The molecule has 0 spiro atoms. The summed E-state index contributed by atoms with van der Waals surface area (Å²) in [5.41, 5.74) is 6.25. The van der Waals surface area contributed by atoms with Crippen molar-refractivity contribution in [2.45, 2.75) is 12.5 Å². The summed E-state index contributed by atoms with van der Waals surface area (Å²) in [7, 11) is 0. The van der Waals surface area contributed by atoms with Gasteiger partial charge in [-0.05, 0) is 34.5 Å². The predicted octanol–water partition coefficient (Wildman–Crippen LogP) is 1.91. The summed E-state index contributed by atoms with van der Waals surface area (Å²) in [4.78, 5) is 6.35. The van der Waals surface area contributed by atoms with E-state index in [1.54, 1.807) is 12.1 Å². The minimum atomic E-state index is -0.338. The van der Waals surface area contributed by atoms with Crippen LogP contribution in [0.5, 0.6) is 0 Å².